The molecule has 1 aliphatic heterocycles. The highest BCUT2D eigenvalue weighted by Crippen LogP contribution is 2.42. The summed E-state index contributed by atoms with van der Waals surface area (Å²) < 4.78 is 11.6. The predicted molar refractivity (Wildman–Crippen MR) is 118 cm³/mol. The van der Waals surface area contributed by atoms with Crippen LogP contribution in [0.1, 0.15) is 39.7 Å². The second-order valence-electron chi connectivity index (χ2n) is 7.00. The molecule has 7 nitrogen and oxygen atoms in total. The number of fused-ring (bicyclic) bond motifs is 2. The minimum atomic E-state index is -0.727. The van der Waals surface area contributed by atoms with Gasteiger partial charge in [0.1, 0.15) is 16.3 Å². The van der Waals surface area contributed by atoms with Gasteiger partial charge in [-0.05, 0) is 49.7 Å². The van der Waals surface area contributed by atoms with Gasteiger partial charge in [-0.2, -0.15) is 0 Å². The van der Waals surface area contributed by atoms with Crippen LogP contribution in [0.4, 0.5) is 5.13 Å². The van der Waals surface area contributed by atoms with Gasteiger partial charge < -0.3 is 9.15 Å². The van der Waals surface area contributed by atoms with Gasteiger partial charge in [-0.1, -0.05) is 35.1 Å². The van der Waals surface area contributed by atoms with Crippen LogP contribution in [0, 0.1) is 6.92 Å². The number of rotatable bonds is 4. The van der Waals surface area contributed by atoms with Crippen LogP contribution in [-0.2, 0) is 0 Å². The molecule has 156 valence electrons. The second kappa shape index (κ2) is 7.47. The summed E-state index contributed by atoms with van der Waals surface area (Å²) in [5, 5.41) is 10.0. The Hall–Kier alpha value is -3.23. The first-order valence-corrected chi connectivity index (χ1v) is 10.8. The van der Waals surface area contributed by atoms with Gasteiger partial charge in [0, 0.05) is 5.02 Å². The number of halogens is 1. The van der Waals surface area contributed by atoms with Crippen molar-refractivity contribution < 1.29 is 13.9 Å². The number of hydrogen-bond acceptors (Lipinski definition) is 7. The van der Waals surface area contributed by atoms with Crippen molar-refractivity contribution in [2.24, 2.45) is 0 Å². The maximum Gasteiger partial charge on any atom is 0.297 e. The molecule has 2 aromatic heterocycles. The van der Waals surface area contributed by atoms with E-state index >= 15 is 0 Å². The Morgan fingerprint density at radius 3 is 2.77 bits per heavy atom. The number of hydrogen-bond donors (Lipinski definition) is 0. The predicted octanol–water partition coefficient (Wildman–Crippen LogP) is 4.75. The van der Waals surface area contributed by atoms with E-state index < -0.39 is 11.9 Å². The maximum absolute atomic E-state index is 13.5. The van der Waals surface area contributed by atoms with Gasteiger partial charge in [0.05, 0.1) is 23.6 Å². The average molecular weight is 454 g/mol. The number of nitrogens with zero attached hydrogens (tertiary/aromatic N) is 3. The quantitative estimate of drug-likeness (QED) is 0.443. The van der Waals surface area contributed by atoms with Gasteiger partial charge in [0.25, 0.3) is 5.91 Å². The van der Waals surface area contributed by atoms with Crippen LogP contribution in [0.2, 0.25) is 5.02 Å². The molecule has 0 bridgehead atoms. The fraction of sp³-hybridized carbons (Fsp3) is 0.182. The van der Waals surface area contributed by atoms with Crippen molar-refractivity contribution in [2.75, 3.05) is 11.5 Å². The lowest BCUT2D eigenvalue weighted by atomic mass is 9.98. The van der Waals surface area contributed by atoms with Gasteiger partial charge in [-0.25, -0.2) is 0 Å². The first-order valence-electron chi connectivity index (χ1n) is 9.60. The highest BCUT2D eigenvalue weighted by Gasteiger charge is 2.45. The molecule has 0 aliphatic carbocycles. The largest absolute Gasteiger partial charge is 0.494 e. The Balaban J connectivity index is 1.80. The molecule has 0 radical (unpaired) electrons. The van der Waals surface area contributed by atoms with Gasteiger partial charge in [-0.15, -0.1) is 10.2 Å². The standard InChI is InChI=1S/C22H16ClN3O4S/c1-3-29-14-6-4-5-12(9-14)18-17-19(27)15-10-13(23)7-8-16(15)30-20(17)21(28)26(18)22-25-24-11(2)31-22/h4-10,18H,3H2,1-2H3. The van der Waals surface area contributed by atoms with Gasteiger partial charge in [0.2, 0.25) is 10.9 Å². The van der Waals surface area contributed by atoms with Gasteiger partial charge in [0.15, 0.2) is 5.43 Å². The Morgan fingerprint density at radius 1 is 1.19 bits per heavy atom. The molecule has 3 heterocycles. The van der Waals surface area contributed by atoms with Gasteiger partial charge in [-0.3, -0.25) is 14.5 Å². The molecule has 0 N–H and O–H groups in total. The molecule has 0 saturated heterocycles. The summed E-state index contributed by atoms with van der Waals surface area (Å²) in [6.07, 6.45) is 0. The summed E-state index contributed by atoms with van der Waals surface area (Å²) in [6, 6.07) is 11.4. The number of aryl methyl sites for hydroxylation is 1. The lowest BCUT2D eigenvalue weighted by Gasteiger charge is -2.22. The summed E-state index contributed by atoms with van der Waals surface area (Å²) in [5.41, 5.74) is 0.960. The zero-order chi connectivity index (χ0) is 21.7. The van der Waals surface area contributed by atoms with Gasteiger partial charge >= 0.3 is 0 Å². The summed E-state index contributed by atoms with van der Waals surface area (Å²) in [7, 11) is 0. The normalized spacial score (nSPS) is 15.5. The minimum absolute atomic E-state index is 0.000474. The van der Waals surface area contributed by atoms with E-state index in [0.717, 1.165) is 0 Å². The van der Waals surface area contributed by atoms with E-state index in [1.54, 1.807) is 25.1 Å². The zero-order valence-corrected chi connectivity index (χ0v) is 18.2. The van der Waals surface area contributed by atoms with Crippen LogP contribution in [0.3, 0.4) is 0 Å². The van der Waals surface area contributed by atoms with E-state index in [0.29, 0.717) is 44.1 Å². The summed E-state index contributed by atoms with van der Waals surface area (Å²) in [4.78, 5) is 28.4. The molecule has 9 heteroatoms. The number of benzene rings is 2. The van der Waals surface area contributed by atoms with E-state index in [1.807, 2.05) is 31.2 Å². The van der Waals surface area contributed by atoms with Crippen molar-refractivity contribution >= 4 is 44.9 Å². The third kappa shape index (κ3) is 3.19. The molecule has 4 aromatic rings. The SMILES string of the molecule is CCOc1cccc(C2c3c(oc4ccc(Cl)cc4c3=O)C(=O)N2c2nnc(C)s2)c1. The maximum atomic E-state index is 13.5. The molecular weight excluding hydrogens is 438 g/mol. The van der Waals surface area contributed by atoms with Crippen molar-refractivity contribution in [1.82, 2.24) is 10.2 Å². The molecule has 1 amide bonds. The molecule has 5 rings (SSSR count). The lowest BCUT2D eigenvalue weighted by molar-refractivity contribution is 0.0970. The van der Waals surface area contributed by atoms with Crippen molar-refractivity contribution in [3.8, 4) is 5.75 Å². The van der Waals surface area contributed by atoms with Crippen LogP contribution in [0.5, 0.6) is 5.75 Å². The first-order chi connectivity index (χ1) is 15.0. The van der Waals surface area contributed by atoms with Crippen LogP contribution in [0.25, 0.3) is 11.0 Å². The zero-order valence-electron chi connectivity index (χ0n) is 16.6. The molecular formula is C22H16ClN3O4S. The molecule has 1 aliphatic rings. The fourth-order valence-corrected chi connectivity index (χ4v) is 4.67. The first kappa shape index (κ1) is 19.7. The number of carbonyl (C=O) groups is 1. The number of carbonyl (C=O) groups excluding carboxylic acids is 1. The Labute approximate surface area is 185 Å². The molecule has 0 spiro atoms. The van der Waals surface area contributed by atoms with Crippen LogP contribution < -0.4 is 15.1 Å². The molecule has 0 saturated carbocycles. The third-order valence-corrected chi connectivity index (χ3v) is 6.11. The molecule has 0 fully saturated rings. The number of ether oxygens (including phenoxy) is 1. The second-order valence-corrected chi connectivity index (χ2v) is 8.60. The van der Waals surface area contributed by atoms with E-state index in [9.17, 15) is 9.59 Å². The summed E-state index contributed by atoms with van der Waals surface area (Å²) in [6.45, 7) is 4.19. The third-order valence-electron chi connectivity index (χ3n) is 5.04. The van der Waals surface area contributed by atoms with Crippen LogP contribution in [0.15, 0.2) is 51.7 Å². The highest BCUT2D eigenvalue weighted by molar-refractivity contribution is 7.15. The number of anilines is 1. The van der Waals surface area contributed by atoms with E-state index in [2.05, 4.69) is 10.2 Å². The Kier molecular flexibility index (Phi) is 4.75. The summed E-state index contributed by atoms with van der Waals surface area (Å²) >= 11 is 7.39. The monoisotopic (exact) mass is 453 g/mol. The van der Waals surface area contributed by atoms with E-state index in [-0.39, 0.29) is 16.8 Å². The Morgan fingerprint density at radius 2 is 2.03 bits per heavy atom. The topological polar surface area (TPSA) is 85.5 Å². The van der Waals surface area contributed by atoms with E-state index in [4.69, 9.17) is 20.8 Å². The van der Waals surface area contributed by atoms with Crippen LogP contribution >= 0.6 is 22.9 Å². The molecule has 2 aromatic carbocycles. The highest BCUT2D eigenvalue weighted by atomic mass is 35.5. The van der Waals surface area contributed by atoms with Crippen molar-refractivity contribution in [1.29, 1.82) is 0 Å². The minimum Gasteiger partial charge on any atom is -0.494 e. The lowest BCUT2D eigenvalue weighted by Crippen LogP contribution is -2.29. The van der Waals surface area contributed by atoms with Crippen LogP contribution in [-0.4, -0.2) is 22.7 Å². The number of amides is 1. The van der Waals surface area contributed by atoms with Crippen molar-refractivity contribution in [3.05, 3.63) is 79.6 Å². The van der Waals surface area contributed by atoms with Crippen molar-refractivity contribution in [3.63, 3.8) is 0 Å². The fourth-order valence-electron chi connectivity index (χ4n) is 3.78. The summed E-state index contributed by atoms with van der Waals surface area (Å²) in [5.74, 6) is 0.203. The number of aromatic nitrogens is 2. The Bertz CT molecular complexity index is 1400. The smallest absolute Gasteiger partial charge is 0.297 e. The van der Waals surface area contributed by atoms with Crippen molar-refractivity contribution in [2.45, 2.75) is 19.9 Å². The molecule has 31 heavy (non-hydrogen) atoms. The molecule has 1 atom stereocenters. The average Bonchev–Trinajstić information content (AvgIpc) is 3.30. The van der Waals surface area contributed by atoms with E-state index in [1.165, 1.54) is 16.2 Å². The molecule has 1 unspecified atom stereocenters.